The number of rotatable bonds is 5. The van der Waals surface area contributed by atoms with Crippen LogP contribution in [0.2, 0.25) is 0 Å². The second kappa shape index (κ2) is 5.97. The number of hydrogen-bond acceptors (Lipinski definition) is 3. The highest BCUT2D eigenvalue weighted by Gasteiger charge is 2.14. The zero-order valence-corrected chi connectivity index (χ0v) is 6.51. The van der Waals surface area contributed by atoms with Crippen LogP contribution in [0.4, 0.5) is 0 Å². The summed E-state index contributed by atoms with van der Waals surface area (Å²) < 4.78 is 0. The van der Waals surface area contributed by atoms with Gasteiger partial charge in [-0.1, -0.05) is 18.5 Å². The van der Waals surface area contributed by atoms with Gasteiger partial charge in [-0.05, 0) is 12.0 Å². The van der Waals surface area contributed by atoms with E-state index in [-0.39, 0.29) is 6.61 Å². The van der Waals surface area contributed by atoms with Crippen LogP contribution in [-0.4, -0.2) is 29.0 Å². The monoisotopic (exact) mass is 159 g/mol. The molecule has 0 aliphatic rings. The quantitative estimate of drug-likeness (QED) is 0.353. The largest absolute Gasteiger partial charge is 0.396 e. The lowest BCUT2D eigenvalue weighted by Gasteiger charge is -2.14. The fourth-order valence-corrected chi connectivity index (χ4v) is 0.790. The third-order valence-electron chi connectivity index (χ3n) is 1.42. The van der Waals surface area contributed by atoms with Gasteiger partial charge in [-0.3, -0.25) is 0 Å². The molecule has 0 radical (unpaired) electrons. The van der Waals surface area contributed by atoms with Gasteiger partial charge in [0.25, 0.3) is 0 Å². The van der Waals surface area contributed by atoms with E-state index in [2.05, 4.69) is 10.0 Å². The van der Waals surface area contributed by atoms with E-state index in [0.717, 1.165) is 6.42 Å². The molecule has 0 saturated carbocycles. The first-order valence-electron chi connectivity index (χ1n) is 3.59. The Morgan fingerprint density at radius 1 is 1.64 bits per heavy atom. The van der Waals surface area contributed by atoms with Gasteiger partial charge >= 0.3 is 0 Å². The molecule has 64 valence electrons. The molecule has 0 aromatic heterocycles. The van der Waals surface area contributed by atoms with Gasteiger partial charge in [0.1, 0.15) is 0 Å². The third-order valence-corrected chi connectivity index (χ3v) is 1.42. The molecular formula is C6H13N3O2. The molecule has 11 heavy (non-hydrogen) atoms. The topological polar surface area (TPSA) is 89.2 Å². The van der Waals surface area contributed by atoms with E-state index in [9.17, 15) is 5.11 Å². The Morgan fingerprint density at radius 2 is 2.27 bits per heavy atom. The molecule has 0 bridgehead atoms. The zero-order valence-electron chi connectivity index (χ0n) is 6.51. The van der Waals surface area contributed by atoms with E-state index < -0.39 is 12.1 Å². The van der Waals surface area contributed by atoms with E-state index in [4.69, 9.17) is 10.6 Å². The summed E-state index contributed by atoms with van der Waals surface area (Å²) in [6.07, 6.45) is 0.629. The van der Waals surface area contributed by atoms with Gasteiger partial charge in [0.05, 0.1) is 18.8 Å². The molecule has 0 unspecified atom stereocenters. The van der Waals surface area contributed by atoms with Crippen molar-refractivity contribution in [2.24, 2.45) is 5.11 Å². The van der Waals surface area contributed by atoms with Crippen LogP contribution in [0, 0.1) is 0 Å². The van der Waals surface area contributed by atoms with Gasteiger partial charge in [0.15, 0.2) is 0 Å². The molecule has 2 atom stereocenters. The molecule has 0 aromatic rings. The summed E-state index contributed by atoms with van der Waals surface area (Å²) >= 11 is 0. The normalized spacial score (nSPS) is 15.2. The van der Waals surface area contributed by atoms with E-state index in [1.807, 2.05) is 6.92 Å². The van der Waals surface area contributed by atoms with Crippen LogP contribution in [-0.2, 0) is 0 Å². The Kier molecular flexibility index (Phi) is 5.56. The molecular weight excluding hydrogens is 146 g/mol. The summed E-state index contributed by atoms with van der Waals surface area (Å²) in [4.78, 5) is 2.52. The summed E-state index contributed by atoms with van der Waals surface area (Å²) in [5.41, 5.74) is 8.02. The van der Waals surface area contributed by atoms with Crippen molar-refractivity contribution in [1.82, 2.24) is 0 Å². The molecule has 0 rings (SSSR count). The number of nitrogens with zero attached hydrogens (tertiary/aromatic N) is 3. The smallest absolute Gasteiger partial charge is 0.0864 e. The maximum absolute atomic E-state index is 9.22. The Bertz CT molecular complexity index is 145. The third kappa shape index (κ3) is 3.83. The molecule has 0 aliphatic heterocycles. The average Bonchev–Trinajstić information content (AvgIpc) is 2.00. The van der Waals surface area contributed by atoms with Gasteiger partial charge in [-0.25, -0.2) is 0 Å². The van der Waals surface area contributed by atoms with Crippen LogP contribution >= 0.6 is 0 Å². The fourth-order valence-electron chi connectivity index (χ4n) is 0.790. The SMILES string of the molecule is CCC[C@@H](O)[C@H](CO)N=[N+]=[N-]. The highest BCUT2D eigenvalue weighted by molar-refractivity contribution is 4.74. The van der Waals surface area contributed by atoms with E-state index in [1.54, 1.807) is 0 Å². The summed E-state index contributed by atoms with van der Waals surface area (Å²) in [7, 11) is 0. The first-order chi connectivity index (χ1) is 5.26. The highest BCUT2D eigenvalue weighted by Crippen LogP contribution is 2.05. The first kappa shape index (κ1) is 10.2. The summed E-state index contributed by atoms with van der Waals surface area (Å²) in [6, 6.07) is -0.694. The molecule has 5 nitrogen and oxygen atoms in total. The second-order valence-electron chi connectivity index (χ2n) is 2.31. The standard InChI is InChI=1S/C6H13N3O2/c1-2-3-6(11)5(4-10)8-9-7/h5-6,10-11H,2-4H2,1H3/t5-,6+/m0/s1. The molecule has 0 aromatic carbocycles. The Morgan fingerprint density at radius 3 is 2.64 bits per heavy atom. The number of aliphatic hydroxyl groups is 2. The predicted octanol–water partition coefficient (Wildman–Crippen LogP) is 0.819. The number of aliphatic hydroxyl groups excluding tert-OH is 2. The minimum Gasteiger partial charge on any atom is -0.396 e. The predicted molar refractivity (Wildman–Crippen MR) is 40.9 cm³/mol. The minimum atomic E-state index is -0.721. The highest BCUT2D eigenvalue weighted by atomic mass is 16.3. The zero-order chi connectivity index (χ0) is 8.69. The maximum atomic E-state index is 9.22. The van der Waals surface area contributed by atoms with Gasteiger partial charge < -0.3 is 10.2 Å². The van der Waals surface area contributed by atoms with Crippen LogP contribution in [0.1, 0.15) is 19.8 Å². The van der Waals surface area contributed by atoms with Crippen molar-refractivity contribution in [2.75, 3.05) is 6.61 Å². The van der Waals surface area contributed by atoms with Crippen LogP contribution in [0.15, 0.2) is 5.11 Å². The van der Waals surface area contributed by atoms with Crippen LogP contribution in [0.5, 0.6) is 0 Å². The average molecular weight is 159 g/mol. The maximum Gasteiger partial charge on any atom is 0.0864 e. The van der Waals surface area contributed by atoms with Crippen LogP contribution < -0.4 is 0 Å². The van der Waals surface area contributed by atoms with Crippen molar-refractivity contribution in [3.05, 3.63) is 10.4 Å². The van der Waals surface area contributed by atoms with Crippen LogP contribution in [0.3, 0.4) is 0 Å². The minimum absolute atomic E-state index is 0.300. The van der Waals surface area contributed by atoms with E-state index >= 15 is 0 Å². The van der Waals surface area contributed by atoms with Crippen molar-refractivity contribution < 1.29 is 10.2 Å². The molecule has 2 N–H and O–H groups in total. The Hall–Kier alpha value is -0.770. The lowest BCUT2D eigenvalue weighted by Crippen LogP contribution is -2.26. The van der Waals surface area contributed by atoms with Crippen LogP contribution in [0.25, 0.3) is 10.4 Å². The van der Waals surface area contributed by atoms with E-state index in [0.29, 0.717) is 6.42 Å². The Balaban J connectivity index is 3.90. The molecule has 0 spiro atoms. The Labute approximate surface area is 65.3 Å². The van der Waals surface area contributed by atoms with Gasteiger partial charge in [-0.2, -0.15) is 0 Å². The molecule has 0 amide bonds. The second-order valence-corrected chi connectivity index (χ2v) is 2.31. The van der Waals surface area contributed by atoms with Gasteiger partial charge in [0, 0.05) is 4.91 Å². The van der Waals surface area contributed by atoms with Gasteiger partial charge in [-0.15, -0.1) is 0 Å². The molecule has 5 heteroatoms. The first-order valence-corrected chi connectivity index (χ1v) is 3.59. The molecule has 0 aliphatic carbocycles. The fraction of sp³-hybridized carbons (Fsp3) is 1.00. The van der Waals surface area contributed by atoms with Crippen molar-refractivity contribution in [3.63, 3.8) is 0 Å². The van der Waals surface area contributed by atoms with Crippen molar-refractivity contribution in [2.45, 2.75) is 31.9 Å². The molecule has 0 saturated heterocycles. The molecule has 0 heterocycles. The summed E-state index contributed by atoms with van der Waals surface area (Å²) in [5.74, 6) is 0. The number of azide groups is 1. The van der Waals surface area contributed by atoms with Crippen molar-refractivity contribution in [1.29, 1.82) is 0 Å². The summed E-state index contributed by atoms with van der Waals surface area (Å²) in [5, 5.41) is 21.1. The van der Waals surface area contributed by atoms with Crippen molar-refractivity contribution in [3.8, 4) is 0 Å². The van der Waals surface area contributed by atoms with Gasteiger partial charge in [0.2, 0.25) is 0 Å². The van der Waals surface area contributed by atoms with Crippen molar-refractivity contribution >= 4 is 0 Å². The lowest BCUT2D eigenvalue weighted by atomic mass is 10.1. The lowest BCUT2D eigenvalue weighted by molar-refractivity contribution is 0.101. The van der Waals surface area contributed by atoms with E-state index in [1.165, 1.54) is 0 Å². The number of hydrogen-bond donors (Lipinski definition) is 2. The molecule has 0 fully saturated rings. The summed E-state index contributed by atoms with van der Waals surface area (Å²) in [6.45, 7) is 1.61.